The third-order valence-electron chi connectivity index (χ3n) is 5.30. The molecule has 160 valence electrons. The van der Waals surface area contributed by atoms with E-state index < -0.39 is 5.82 Å². The van der Waals surface area contributed by atoms with Crippen molar-refractivity contribution in [3.05, 3.63) is 65.8 Å². The number of nitrogens with one attached hydrogen (secondary N) is 1. The lowest BCUT2D eigenvalue weighted by Gasteiger charge is -2.31. The maximum absolute atomic E-state index is 13.5. The van der Waals surface area contributed by atoms with Crippen molar-refractivity contribution in [2.24, 2.45) is 0 Å². The first-order chi connectivity index (χ1) is 15.0. The Morgan fingerprint density at radius 2 is 2.06 bits per heavy atom. The number of halogens is 1. The van der Waals surface area contributed by atoms with Crippen LogP contribution in [0.1, 0.15) is 48.4 Å². The van der Waals surface area contributed by atoms with Gasteiger partial charge in [0.1, 0.15) is 5.82 Å². The predicted octanol–water partition coefficient (Wildman–Crippen LogP) is 4.24. The highest BCUT2D eigenvalue weighted by Gasteiger charge is 2.29. The van der Waals surface area contributed by atoms with E-state index in [4.69, 9.17) is 4.52 Å². The molecular weight excluding hydrogens is 399 g/mol. The average Bonchev–Trinajstić information content (AvgIpc) is 3.29. The summed E-state index contributed by atoms with van der Waals surface area (Å²) in [5, 5.41) is 6.90. The van der Waals surface area contributed by atoms with Gasteiger partial charge in [0.05, 0.1) is 5.92 Å². The van der Waals surface area contributed by atoms with Crippen LogP contribution < -0.4 is 5.32 Å². The van der Waals surface area contributed by atoms with Crippen molar-refractivity contribution >= 4 is 17.5 Å². The Hall–Kier alpha value is -3.55. The molecule has 0 saturated carbocycles. The van der Waals surface area contributed by atoms with Gasteiger partial charge < -0.3 is 14.7 Å². The van der Waals surface area contributed by atoms with Crippen molar-refractivity contribution in [2.45, 2.75) is 32.1 Å². The number of likely N-dealkylation sites (tertiary alicyclic amines) is 1. The Bertz CT molecular complexity index is 1100. The highest BCUT2D eigenvalue weighted by Crippen LogP contribution is 2.29. The van der Waals surface area contributed by atoms with Gasteiger partial charge in [-0.2, -0.15) is 4.98 Å². The minimum Gasteiger partial charge on any atom is -0.339 e. The largest absolute Gasteiger partial charge is 0.339 e. The number of hydrogen-bond donors (Lipinski definition) is 1. The SMILES string of the molecule is CCC(=O)Nc1cccc(-c2noc([C@H]3CCCN(C(=O)c4cccc(F)c4)C3)n2)c1. The quantitative estimate of drug-likeness (QED) is 0.664. The van der Waals surface area contributed by atoms with Crippen LogP contribution in [0.25, 0.3) is 11.4 Å². The summed E-state index contributed by atoms with van der Waals surface area (Å²) in [4.78, 5) is 30.6. The average molecular weight is 422 g/mol. The minimum absolute atomic E-state index is 0.0730. The zero-order chi connectivity index (χ0) is 21.8. The van der Waals surface area contributed by atoms with E-state index in [0.717, 1.165) is 18.4 Å². The Morgan fingerprint density at radius 1 is 1.23 bits per heavy atom. The molecule has 7 nitrogen and oxygen atoms in total. The second-order valence-corrected chi connectivity index (χ2v) is 7.54. The molecule has 0 aliphatic carbocycles. The molecule has 4 rings (SSSR count). The van der Waals surface area contributed by atoms with Gasteiger partial charge >= 0.3 is 0 Å². The summed E-state index contributed by atoms with van der Waals surface area (Å²) >= 11 is 0. The molecule has 3 aromatic rings. The first-order valence-corrected chi connectivity index (χ1v) is 10.3. The molecule has 31 heavy (non-hydrogen) atoms. The number of aromatic nitrogens is 2. The number of nitrogens with zero attached hydrogens (tertiary/aromatic N) is 3. The Labute approximate surface area is 179 Å². The molecular formula is C23H23FN4O3. The molecule has 1 aromatic heterocycles. The van der Waals surface area contributed by atoms with Gasteiger partial charge in [0.2, 0.25) is 17.6 Å². The van der Waals surface area contributed by atoms with Crippen LogP contribution >= 0.6 is 0 Å². The van der Waals surface area contributed by atoms with E-state index in [-0.39, 0.29) is 17.7 Å². The van der Waals surface area contributed by atoms with Crippen LogP contribution in [0, 0.1) is 5.82 Å². The number of hydrogen-bond acceptors (Lipinski definition) is 5. The van der Waals surface area contributed by atoms with Gasteiger partial charge in [0.15, 0.2) is 0 Å². The summed E-state index contributed by atoms with van der Waals surface area (Å²) in [7, 11) is 0. The van der Waals surface area contributed by atoms with Crippen LogP contribution in [0.3, 0.4) is 0 Å². The number of carbonyl (C=O) groups is 2. The van der Waals surface area contributed by atoms with Gasteiger partial charge in [0.25, 0.3) is 5.91 Å². The molecule has 0 bridgehead atoms. The highest BCUT2D eigenvalue weighted by molar-refractivity contribution is 5.94. The first-order valence-electron chi connectivity index (χ1n) is 10.3. The van der Waals surface area contributed by atoms with E-state index in [1.165, 1.54) is 18.2 Å². The van der Waals surface area contributed by atoms with Crippen LogP contribution in [0.15, 0.2) is 53.1 Å². The van der Waals surface area contributed by atoms with E-state index >= 15 is 0 Å². The lowest BCUT2D eigenvalue weighted by molar-refractivity contribution is -0.115. The maximum Gasteiger partial charge on any atom is 0.253 e. The number of rotatable bonds is 5. The molecule has 1 aliphatic heterocycles. The lowest BCUT2D eigenvalue weighted by Crippen LogP contribution is -2.39. The Morgan fingerprint density at radius 3 is 2.87 bits per heavy atom. The monoisotopic (exact) mass is 422 g/mol. The van der Waals surface area contributed by atoms with Gasteiger partial charge in [-0.3, -0.25) is 9.59 Å². The fraction of sp³-hybridized carbons (Fsp3) is 0.304. The summed E-state index contributed by atoms with van der Waals surface area (Å²) in [5.41, 5.74) is 1.73. The standard InChI is InChI=1S/C23H23FN4O3/c1-2-20(29)25-19-10-4-6-15(13-19)21-26-22(31-27-21)17-8-5-11-28(14-17)23(30)16-7-3-9-18(24)12-16/h3-4,6-7,9-10,12-13,17H,2,5,8,11,14H2,1H3,(H,25,29)/t17-/m0/s1. The van der Waals surface area contributed by atoms with Crippen LogP contribution in [0.5, 0.6) is 0 Å². The fourth-order valence-corrected chi connectivity index (χ4v) is 3.67. The lowest BCUT2D eigenvalue weighted by atomic mass is 9.97. The third kappa shape index (κ3) is 4.79. The second-order valence-electron chi connectivity index (χ2n) is 7.54. The van der Waals surface area contributed by atoms with E-state index in [1.807, 2.05) is 12.1 Å². The van der Waals surface area contributed by atoms with E-state index in [2.05, 4.69) is 15.5 Å². The van der Waals surface area contributed by atoms with Crippen LogP contribution in [0.2, 0.25) is 0 Å². The molecule has 2 heterocycles. The summed E-state index contributed by atoms with van der Waals surface area (Å²) in [6, 6.07) is 13.0. The van der Waals surface area contributed by atoms with Crippen molar-refractivity contribution in [3.8, 4) is 11.4 Å². The molecule has 0 unspecified atom stereocenters. The van der Waals surface area contributed by atoms with Gasteiger partial charge in [0, 0.05) is 36.3 Å². The molecule has 1 aliphatic rings. The third-order valence-corrected chi connectivity index (χ3v) is 5.30. The molecule has 2 aromatic carbocycles. The molecule has 1 atom stereocenters. The molecule has 8 heteroatoms. The second kappa shape index (κ2) is 9.07. The van der Waals surface area contributed by atoms with Crippen molar-refractivity contribution < 1.29 is 18.5 Å². The minimum atomic E-state index is -0.432. The number of benzene rings is 2. The molecule has 0 spiro atoms. The summed E-state index contributed by atoms with van der Waals surface area (Å²) < 4.78 is 19.0. The molecule has 0 radical (unpaired) electrons. The van der Waals surface area contributed by atoms with Gasteiger partial charge in [-0.25, -0.2) is 4.39 Å². The van der Waals surface area contributed by atoms with Crippen molar-refractivity contribution in [1.29, 1.82) is 0 Å². The highest BCUT2D eigenvalue weighted by atomic mass is 19.1. The maximum atomic E-state index is 13.5. The van der Waals surface area contributed by atoms with Crippen molar-refractivity contribution in [1.82, 2.24) is 15.0 Å². The van der Waals surface area contributed by atoms with E-state index in [0.29, 0.717) is 42.5 Å². The molecule has 1 N–H and O–H groups in total. The van der Waals surface area contributed by atoms with Gasteiger partial charge in [-0.15, -0.1) is 0 Å². The van der Waals surface area contributed by atoms with E-state index in [9.17, 15) is 14.0 Å². The van der Waals surface area contributed by atoms with Crippen LogP contribution in [-0.2, 0) is 4.79 Å². The summed E-state index contributed by atoms with van der Waals surface area (Å²) in [6.07, 6.45) is 2.01. The first kappa shape index (κ1) is 20.7. The number of anilines is 1. The zero-order valence-corrected chi connectivity index (χ0v) is 17.2. The number of piperidine rings is 1. The summed E-state index contributed by atoms with van der Waals surface area (Å²) in [6.45, 7) is 2.83. The van der Waals surface area contributed by atoms with Gasteiger partial charge in [-0.1, -0.05) is 30.3 Å². The molecule has 2 amide bonds. The van der Waals surface area contributed by atoms with Crippen LogP contribution in [-0.4, -0.2) is 39.9 Å². The Kier molecular flexibility index (Phi) is 6.06. The van der Waals surface area contributed by atoms with Gasteiger partial charge in [-0.05, 0) is 43.2 Å². The predicted molar refractivity (Wildman–Crippen MR) is 113 cm³/mol. The fourth-order valence-electron chi connectivity index (χ4n) is 3.67. The number of carbonyl (C=O) groups excluding carboxylic acids is 2. The van der Waals surface area contributed by atoms with Crippen molar-refractivity contribution in [2.75, 3.05) is 18.4 Å². The molecule has 1 fully saturated rings. The normalized spacial score (nSPS) is 16.2. The number of amides is 2. The summed E-state index contributed by atoms with van der Waals surface area (Å²) in [5.74, 6) is 0.0965. The smallest absolute Gasteiger partial charge is 0.253 e. The molecule has 1 saturated heterocycles. The topological polar surface area (TPSA) is 88.3 Å². The van der Waals surface area contributed by atoms with Crippen molar-refractivity contribution in [3.63, 3.8) is 0 Å². The zero-order valence-electron chi connectivity index (χ0n) is 17.2. The van der Waals surface area contributed by atoms with Crippen LogP contribution in [0.4, 0.5) is 10.1 Å². The van der Waals surface area contributed by atoms with E-state index in [1.54, 1.807) is 30.0 Å². The Balaban J connectivity index is 1.48.